The van der Waals surface area contributed by atoms with Gasteiger partial charge in [-0.05, 0) is 50.1 Å². The fourth-order valence-electron chi connectivity index (χ4n) is 3.80. The van der Waals surface area contributed by atoms with E-state index >= 15 is 0 Å². The Labute approximate surface area is 205 Å². The highest BCUT2D eigenvalue weighted by Crippen LogP contribution is 2.35. The van der Waals surface area contributed by atoms with Crippen LogP contribution in [0.5, 0.6) is 5.75 Å². The van der Waals surface area contributed by atoms with Gasteiger partial charge in [-0.2, -0.15) is 0 Å². The average Bonchev–Trinajstić information content (AvgIpc) is 3.18. The first-order valence-electron chi connectivity index (χ1n) is 11.5. The number of hydrogen-bond acceptors (Lipinski definition) is 5. The lowest BCUT2D eigenvalue weighted by molar-refractivity contribution is 0.0270. The molecule has 3 aromatic rings. The summed E-state index contributed by atoms with van der Waals surface area (Å²) in [7, 11) is 0. The first kappa shape index (κ1) is 24.2. The topological polar surface area (TPSA) is 59.0 Å². The van der Waals surface area contributed by atoms with E-state index in [9.17, 15) is 9.90 Å². The first-order chi connectivity index (χ1) is 16.3. The highest BCUT2D eigenvalue weighted by molar-refractivity contribution is 8.00. The minimum Gasteiger partial charge on any atom is -0.488 e. The number of aliphatic hydroxyl groups excluding tert-OH is 1. The molecule has 1 heterocycles. The van der Waals surface area contributed by atoms with Crippen molar-refractivity contribution < 1.29 is 19.4 Å². The Kier molecular flexibility index (Phi) is 7.49. The standard InChI is InChI=1S/C28H31NO4S/c1-28(2,3)33-27(31)29-17-24(30)26(18-29)34-22-15-13-21(14-16-22)23-11-7-8-12-25(23)32-19-20-9-5-4-6-10-20/h4-16,24,26,30H,17-19H2,1-3H3. The molecule has 2 atom stereocenters. The van der Waals surface area contributed by atoms with Crippen LogP contribution in [0.1, 0.15) is 26.3 Å². The van der Waals surface area contributed by atoms with E-state index in [2.05, 4.69) is 42.5 Å². The van der Waals surface area contributed by atoms with Gasteiger partial charge < -0.3 is 19.5 Å². The summed E-state index contributed by atoms with van der Waals surface area (Å²) in [4.78, 5) is 15.0. The van der Waals surface area contributed by atoms with Gasteiger partial charge in [0.1, 0.15) is 18.0 Å². The number of aliphatic hydroxyl groups is 1. The molecule has 3 aromatic carbocycles. The van der Waals surface area contributed by atoms with Crippen molar-refractivity contribution in [3.05, 3.63) is 84.4 Å². The van der Waals surface area contributed by atoms with Crippen LogP contribution in [0, 0.1) is 0 Å². The Bertz CT molecular complexity index is 1100. The maximum absolute atomic E-state index is 12.4. The van der Waals surface area contributed by atoms with Gasteiger partial charge in [0.15, 0.2) is 0 Å². The molecule has 34 heavy (non-hydrogen) atoms. The van der Waals surface area contributed by atoms with Crippen LogP contribution in [0.4, 0.5) is 4.79 Å². The minimum absolute atomic E-state index is 0.0974. The predicted molar refractivity (Wildman–Crippen MR) is 136 cm³/mol. The third-order valence-corrected chi connectivity index (χ3v) is 6.78. The zero-order valence-electron chi connectivity index (χ0n) is 19.8. The van der Waals surface area contributed by atoms with Crippen LogP contribution < -0.4 is 4.74 Å². The summed E-state index contributed by atoms with van der Waals surface area (Å²) in [6.45, 7) is 6.79. The minimum atomic E-state index is -0.593. The van der Waals surface area contributed by atoms with E-state index in [1.807, 2.05) is 57.2 Å². The molecule has 1 fully saturated rings. The summed E-state index contributed by atoms with van der Waals surface area (Å²) in [6.07, 6.45) is -0.971. The Balaban J connectivity index is 1.40. The number of para-hydroxylation sites is 1. The number of ether oxygens (including phenoxy) is 2. The normalized spacial score (nSPS) is 18.1. The average molecular weight is 478 g/mol. The molecule has 1 aliphatic heterocycles. The van der Waals surface area contributed by atoms with Gasteiger partial charge in [-0.3, -0.25) is 0 Å². The Morgan fingerprint density at radius 1 is 0.971 bits per heavy atom. The van der Waals surface area contributed by atoms with Gasteiger partial charge in [0.05, 0.1) is 17.9 Å². The molecular weight excluding hydrogens is 446 g/mol. The van der Waals surface area contributed by atoms with Crippen LogP contribution in [0.3, 0.4) is 0 Å². The number of likely N-dealkylation sites (tertiary alicyclic amines) is 1. The van der Waals surface area contributed by atoms with Crippen LogP contribution in [-0.2, 0) is 11.3 Å². The van der Waals surface area contributed by atoms with Crippen molar-refractivity contribution in [2.45, 2.75) is 49.2 Å². The van der Waals surface area contributed by atoms with Crippen molar-refractivity contribution in [3.8, 4) is 16.9 Å². The van der Waals surface area contributed by atoms with Gasteiger partial charge in [-0.25, -0.2) is 4.79 Å². The molecular formula is C28H31NO4S. The van der Waals surface area contributed by atoms with E-state index in [1.165, 1.54) is 0 Å². The van der Waals surface area contributed by atoms with E-state index < -0.39 is 11.7 Å². The second kappa shape index (κ2) is 10.5. The van der Waals surface area contributed by atoms with Crippen molar-refractivity contribution in [2.24, 2.45) is 0 Å². The quantitative estimate of drug-likeness (QED) is 0.472. The smallest absolute Gasteiger partial charge is 0.410 e. The van der Waals surface area contributed by atoms with E-state index in [0.717, 1.165) is 27.3 Å². The molecule has 5 nitrogen and oxygen atoms in total. The lowest BCUT2D eigenvalue weighted by Crippen LogP contribution is -2.35. The van der Waals surface area contributed by atoms with E-state index in [-0.39, 0.29) is 17.9 Å². The van der Waals surface area contributed by atoms with Crippen LogP contribution in [0.15, 0.2) is 83.8 Å². The molecule has 178 valence electrons. The highest BCUT2D eigenvalue weighted by atomic mass is 32.2. The zero-order chi connectivity index (χ0) is 24.1. The number of carbonyl (C=O) groups excluding carboxylic acids is 1. The maximum Gasteiger partial charge on any atom is 0.410 e. The third kappa shape index (κ3) is 6.33. The van der Waals surface area contributed by atoms with Crippen molar-refractivity contribution in [2.75, 3.05) is 13.1 Å². The summed E-state index contributed by atoms with van der Waals surface area (Å²) in [6, 6.07) is 26.4. The third-order valence-electron chi connectivity index (χ3n) is 5.47. The number of hydrogen-bond donors (Lipinski definition) is 1. The van der Waals surface area contributed by atoms with Crippen molar-refractivity contribution in [1.82, 2.24) is 4.90 Å². The fraction of sp³-hybridized carbons (Fsp3) is 0.321. The van der Waals surface area contributed by atoms with Crippen molar-refractivity contribution in [3.63, 3.8) is 0 Å². The first-order valence-corrected chi connectivity index (χ1v) is 12.4. The van der Waals surface area contributed by atoms with Crippen molar-refractivity contribution in [1.29, 1.82) is 0 Å². The molecule has 0 bridgehead atoms. The second-order valence-corrected chi connectivity index (χ2v) is 10.7. The summed E-state index contributed by atoms with van der Waals surface area (Å²) >= 11 is 1.58. The predicted octanol–water partition coefficient (Wildman–Crippen LogP) is 6.00. The molecule has 0 saturated carbocycles. The number of rotatable bonds is 6. The lowest BCUT2D eigenvalue weighted by Gasteiger charge is -2.24. The number of β-amino-alcohol motifs (C(OH)–C–C–N with tert-alkyl or cyclic N) is 1. The molecule has 1 amide bonds. The number of thioether (sulfide) groups is 1. The van der Waals surface area contributed by atoms with Gasteiger partial charge in [0, 0.05) is 17.0 Å². The number of nitrogens with zero attached hydrogens (tertiary/aromatic N) is 1. The van der Waals surface area contributed by atoms with E-state index in [4.69, 9.17) is 9.47 Å². The Morgan fingerprint density at radius 3 is 2.35 bits per heavy atom. The number of amides is 1. The van der Waals surface area contributed by atoms with Gasteiger partial charge in [0.2, 0.25) is 0 Å². The highest BCUT2D eigenvalue weighted by Gasteiger charge is 2.36. The Hall–Kier alpha value is -2.96. The second-order valence-electron chi connectivity index (χ2n) is 9.40. The van der Waals surface area contributed by atoms with Crippen LogP contribution in [-0.4, -0.2) is 46.1 Å². The molecule has 0 aliphatic carbocycles. The molecule has 0 radical (unpaired) electrons. The fourth-order valence-corrected chi connectivity index (χ4v) is 4.94. The molecule has 6 heteroatoms. The molecule has 0 spiro atoms. The summed E-state index contributed by atoms with van der Waals surface area (Å²) < 4.78 is 11.6. The summed E-state index contributed by atoms with van der Waals surface area (Å²) in [5.41, 5.74) is 2.67. The van der Waals surface area contributed by atoms with Crippen LogP contribution in [0.2, 0.25) is 0 Å². The molecule has 1 N–H and O–H groups in total. The number of benzene rings is 3. The molecule has 1 aliphatic rings. The van der Waals surface area contributed by atoms with Gasteiger partial charge in [0.25, 0.3) is 0 Å². The zero-order valence-corrected chi connectivity index (χ0v) is 20.6. The Morgan fingerprint density at radius 2 is 1.65 bits per heavy atom. The lowest BCUT2D eigenvalue weighted by atomic mass is 10.0. The van der Waals surface area contributed by atoms with Crippen LogP contribution in [0.25, 0.3) is 11.1 Å². The van der Waals surface area contributed by atoms with Gasteiger partial charge in [-0.1, -0.05) is 60.7 Å². The molecule has 2 unspecified atom stereocenters. The van der Waals surface area contributed by atoms with Crippen LogP contribution >= 0.6 is 11.8 Å². The molecule has 1 saturated heterocycles. The summed E-state index contributed by atoms with van der Waals surface area (Å²) in [5, 5.41) is 10.4. The maximum atomic E-state index is 12.4. The van der Waals surface area contributed by atoms with Gasteiger partial charge in [-0.15, -0.1) is 11.8 Å². The van der Waals surface area contributed by atoms with E-state index in [0.29, 0.717) is 13.2 Å². The van der Waals surface area contributed by atoms with Gasteiger partial charge >= 0.3 is 6.09 Å². The van der Waals surface area contributed by atoms with E-state index in [1.54, 1.807) is 16.7 Å². The number of carbonyl (C=O) groups is 1. The summed E-state index contributed by atoms with van der Waals surface area (Å²) in [5.74, 6) is 0.839. The largest absolute Gasteiger partial charge is 0.488 e. The monoisotopic (exact) mass is 477 g/mol. The molecule has 0 aromatic heterocycles. The molecule has 4 rings (SSSR count). The SMILES string of the molecule is CC(C)(C)OC(=O)N1CC(O)C(Sc2ccc(-c3ccccc3OCc3ccccc3)cc2)C1. The van der Waals surface area contributed by atoms with Crippen molar-refractivity contribution >= 4 is 17.9 Å².